The third kappa shape index (κ3) is 17.2. The Balaban J connectivity index is 4.52. The van der Waals surface area contributed by atoms with Gasteiger partial charge in [0.15, 0.2) is 11.1 Å². The molecule has 1 amide bonds. The number of rotatable bonds is 21. The van der Waals surface area contributed by atoms with Crippen molar-refractivity contribution in [3.05, 3.63) is 35.8 Å². The molecule has 0 aliphatic heterocycles. The standard InChI is InChI=1S/C24H44N2O5S2/c1-6-8-9-11-23(12-14-25-24(27)20-30-17-16-29-18-19-32)33(28)31-15-13-22(4)26(5)21(3)10-7-2/h6,8-9,12,21-22,32H,1,7,10-11,13-20H2,2-5H3,(H,25,27)/b9-8-,23-12+. The highest BCUT2D eigenvalue weighted by Crippen LogP contribution is 2.14. The maximum absolute atomic E-state index is 12.7. The molecule has 0 saturated carbocycles. The third-order valence-corrected chi connectivity index (χ3v) is 6.42. The van der Waals surface area contributed by atoms with Crippen LogP contribution in [0.15, 0.2) is 35.8 Å². The molecule has 1 N–H and O–H groups in total. The summed E-state index contributed by atoms with van der Waals surface area (Å²) in [4.78, 5) is 14.8. The first-order valence-corrected chi connectivity index (χ1v) is 13.3. The number of nitrogens with zero attached hydrogens (tertiary/aromatic N) is 1. The Labute approximate surface area is 209 Å². The minimum absolute atomic E-state index is 0.0504. The number of nitrogens with one attached hydrogen (secondary N) is 1. The van der Waals surface area contributed by atoms with Gasteiger partial charge < -0.3 is 19.7 Å². The van der Waals surface area contributed by atoms with E-state index in [1.54, 1.807) is 18.2 Å². The monoisotopic (exact) mass is 504 g/mol. The molecule has 0 aliphatic rings. The van der Waals surface area contributed by atoms with Gasteiger partial charge in [-0.15, -0.1) is 0 Å². The van der Waals surface area contributed by atoms with Crippen LogP contribution in [0.2, 0.25) is 0 Å². The van der Waals surface area contributed by atoms with E-state index in [1.807, 2.05) is 6.08 Å². The Kier molecular flexibility index (Phi) is 20.9. The number of carbonyl (C=O) groups excluding carboxylic acids is 1. The number of carbonyl (C=O) groups is 1. The smallest absolute Gasteiger partial charge is 0.246 e. The molecule has 3 unspecified atom stereocenters. The lowest BCUT2D eigenvalue weighted by atomic mass is 10.1. The van der Waals surface area contributed by atoms with Gasteiger partial charge in [0.2, 0.25) is 5.91 Å². The molecular weight excluding hydrogens is 460 g/mol. The molecule has 0 rings (SSSR count). The van der Waals surface area contributed by atoms with Gasteiger partial charge in [-0.25, -0.2) is 4.21 Å². The Morgan fingerprint density at radius 1 is 1.15 bits per heavy atom. The molecule has 0 radical (unpaired) electrons. The second-order valence-corrected chi connectivity index (χ2v) is 9.41. The summed E-state index contributed by atoms with van der Waals surface area (Å²) in [6, 6.07) is 0.836. The maximum Gasteiger partial charge on any atom is 0.246 e. The lowest BCUT2D eigenvalue weighted by Gasteiger charge is -2.30. The fourth-order valence-electron chi connectivity index (χ4n) is 2.91. The Morgan fingerprint density at radius 3 is 2.52 bits per heavy atom. The first-order valence-electron chi connectivity index (χ1n) is 11.6. The fourth-order valence-corrected chi connectivity index (χ4v) is 3.89. The van der Waals surface area contributed by atoms with Gasteiger partial charge in [0.25, 0.3) is 0 Å². The van der Waals surface area contributed by atoms with Gasteiger partial charge in [-0.05, 0) is 33.7 Å². The van der Waals surface area contributed by atoms with E-state index in [0.29, 0.717) is 55.6 Å². The third-order valence-electron chi connectivity index (χ3n) is 5.10. The van der Waals surface area contributed by atoms with Crippen molar-refractivity contribution in [1.29, 1.82) is 0 Å². The van der Waals surface area contributed by atoms with E-state index < -0.39 is 11.1 Å². The molecule has 0 saturated heterocycles. The number of hydrogen-bond donors (Lipinski definition) is 2. The van der Waals surface area contributed by atoms with Gasteiger partial charge in [0, 0.05) is 35.7 Å². The summed E-state index contributed by atoms with van der Waals surface area (Å²) in [6.07, 6.45) is 10.6. The molecule has 7 nitrogen and oxygen atoms in total. The summed E-state index contributed by atoms with van der Waals surface area (Å²) >= 11 is 2.47. The molecule has 0 aromatic carbocycles. The van der Waals surface area contributed by atoms with E-state index in [4.69, 9.17) is 13.7 Å². The van der Waals surface area contributed by atoms with Crippen LogP contribution >= 0.6 is 12.6 Å². The molecule has 0 aromatic heterocycles. The summed E-state index contributed by atoms with van der Waals surface area (Å²) in [5.74, 6) is 0.405. The van der Waals surface area contributed by atoms with Crippen molar-refractivity contribution in [2.75, 3.05) is 52.4 Å². The van der Waals surface area contributed by atoms with E-state index in [0.717, 1.165) is 19.3 Å². The number of thiol groups is 1. The molecule has 9 heteroatoms. The highest BCUT2D eigenvalue weighted by Gasteiger charge is 2.16. The lowest BCUT2D eigenvalue weighted by molar-refractivity contribution is -0.125. The molecule has 0 aromatic rings. The molecular formula is C24H44N2O5S2. The molecule has 0 bridgehead atoms. The average Bonchev–Trinajstić information content (AvgIpc) is 2.79. The predicted molar refractivity (Wildman–Crippen MR) is 141 cm³/mol. The first-order chi connectivity index (χ1) is 15.9. The van der Waals surface area contributed by atoms with Crippen LogP contribution in [0.4, 0.5) is 0 Å². The van der Waals surface area contributed by atoms with Crippen molar-refractivity contribution in [3.8, 4) is 0 Å². The van der Waals surface area contributed by atoms with Gasteiger partial charge >= 0.3 is 0 Å². The Bertz CT molecular complexity index is 614. The predicted octanol–water partition coefficient (Wildman–Crippen LogP) is 3.66. The lowest BCUT2D eigenvalue weighted by Crippen LogP contribution is -2.37. The highest BCUT2D eigenvalue weighted by molar-refractivity contribution is 7.84. The van der Waals surface area contributed by atoms with Crippen molar-refractivity contribution in [2.45, 2.75) is 58.5 Å². The minimum Gasteiger partial charge on any atom is -0.378 e. The van der Waals surface area contributed by atoms with Crippen LogP contribution in [-0.4, -0.2) is 79.5 Å². The van der Waals surface area contributed by atoms with E-state index in [9.17, 15) is 9.00 Å². The van der Waals surface area contributed by atoms with Crippen LogP contribution in [0.1, 0.15) is 46.5 Å². The molecule has 192 valence electrons. The van der Waals surface area contributed by atoms with E-state index >= 15 is 0 Å². The Morgan fingerprint density at radius 2 is 1.85 bits per heavy atom. The second-order valence-electron chi connectivity index (χ2n) is 7.73. The fraction of sp³-hybridized carbons (Fsp3) is 0.708. The molecule has 0 aliphatic carbocycles. The molecule has 0 spiro atoms. The molecule has 0 heterocycles. The van der Waals surface area contributed by atoms with Gasteiger partial charge in [-0.3, -0.25) is 8.98 Å². The number of ether oxygens (including phenoxy) is 2. The molecule has 33 heavy (non-hydrogen) atoms. The van der Waals surface area contributed by atoms with Gasteiger partial charge in [0.05, 0.1) is 26.4 Å². The van der Waals surface area contributed by atoms with Crippen LogP contribution in [0.25, 0.3) is 0 Å². The number of allylic oxidation sites excluding steroid dienone is 4. The zero-order valence-electron chi connectivity index (χ0n) is 20.8. The van der Waals surface area contributed by atoms with Gasteiger partial charge in [-0.2, -0.15) is 12.6 Å². The quantitative estimate of drug-likeness (QED) is 0.141. The summed E-state index contributed by atoms with van der Waals surface area (Å²) in [6.45, 7) is 12.1. The number of hydrogen-bond acceptors (Lipinski definition) is 7. The average molecular weight is 505 g/mol. The van der Waals surface area contributed by atoms with E-state index in [1.165, 1.54) is 0 Å². The topological polar surface area (TPSA) is 77.1 Å². The normalized spacial score (nSPS) is 15.0. The molecule has 0 fully saturated rings. The van der Waals surface area contributed by atoms with Gasteiger partial charge in [-0.1, -0.05) is 44.2 Å². The van der Waals surface area contributed by atoms with Crippen LogP contribution in [0.5, 0.6) is 0 Å². The molecule has 3 atom stereocenters. The SMILES string of the molecule is C=C/C=C\C/C(=C\CNC(=O)COCCOCCS)S(=O)OCCC(C)N(C)C(C)CCC. The van der Waals surface area contributed by atoms with Crippen molar-refractivity contribution >= 4 is 29.6 Å². The van der Waals surface area contributed by atoms with Crippen molar-refractivity contribution in [3.63, 3.8) is 0 Å². The second kappa shape index (κ2) is 21.6. The highest BCUT2D eigenvalue weighted by atomic mass is 32.2. The summed E-state index contributed by atoms with van der Waals surface area (Å²) in [5.41, 5.74) is 0. The number of amides is 1. The minimum atomic E-state index is -1.58. The van der Waals surface area contributed by atoms with Crippen LogP contribution in [0, 0.1) is 0 Å². The zero-order chi connectivity index (χ0) is 24.9. The van der Waals surface area contributed by atoms with Crippen molar-refractivity contribution in [2.24, 2.45) is 0 Å². The van der Waals surface area contributed by atoms with Crippen LogP contribution in [0.3, 0.4) is 0 Å². The first kappa shape index (κ1) is 32.0. The summed E-state index contributed by atoms with van der Waals surface area (Å²) in [7, 11) is 2.12. The van der Waals surface area contributed by atoms with Crippen molar-refractivity contribution in [1.82, 2.24) is 10.2 Å². The van der Waals surface area contributed by atoms with E-state index in [2.05, 4.69) is 57.2 Å². The summed E-state index contributed by atoms with van der Waals surface area (Å²) < 4.78 is 28.8. The summed E-state index contributed by atoms with van der Waals surface area (Å²) in [5, 5.41) is 2.74. The maximum atomic E-state index is 12.7. The van der Waals surface area contributed by atoms with Crippen LogP contribution < -0.4 is 5.32 Å². The largest absolute Gasteiger partial charge is 0.378 e. The van der Waals surface area contributed by atoms with Gasteiger partial charge in [0.1, 0.15) is 6.61 Å². The van der Waals surface area contributed by atoms with Crippen molar-refractivity contribution < 1.29 is 22.7 Å². The van der Waals surface area contributed by atoms with Crippen LogP contribution in [-0.2, 0) is 29.5 Å². The zero-order valence-corrected chi connectivity index (χ0v) is 22.5. The van der Waals surface area contributed by atoms with E-state index in [-0.39, 0.29) is 19.1 Å². The Hall–Kier alpha value is -0.970.